The van der Waals surface area contributed by atoms with E-state index in [1.54, 1.807) is 6.08 Å². The first-order chi connectivity index (χ1) is 8.18. The summed E-state index contributed by atoms with van der Waals surface area (Å²) in [6.07, 6.45) is 8.31. The molecule has 98 valence electrons. The Labute approximate surface area is 105 Å². The minimum absolute atomic E-state index is 0.116. The van der Waals surface area contributed by atoms with Gasteiger partial charge < -0.3 is 4.74 Å². The Morgan fingerprint density at radius 3 is 2.65 bits per heavy atom. The normalized spacial score (nSPS) is 28.7. The summed E-state index contributed by atoms with van der Waals surface area (Å²) in [5.41, 5.74) is -0.465. The third-order valence-electron chi connectivity index (χ3n) is 3.82. The second kappa shape index (κ2) is 6.80. The van der Waals surface area contributed by atoms with Gasteiger partial charge in [-0.3, -0.25) is 10.1 Å². The molecule has 0 radical (unpaired) electrons. The van der Waals surface area contributed by atoms with E-state index in [0.29, 0.717) is 6.54 Å². The average Bonchev–Trinajstić information content (AvgIpc) is 2.37. The van der Waals surface area contributed by atoms with Crippen LogP contribution in [-0.2, 0) is 9.53 Å². The molecule has 1 aliphatic rings. The Balaban J connectivity index is 2.61. The minimum atomic E-state index is -0.465. The second-order valence-electron chi connectivity index (χ2n) is 4.98. The lowest BCUT2D eigenvalue weighted by molar-refractivity contribution is -0.150. The highest BCUT2D eigenvalue weighted by Gasteiger charge is 2.41. The first-order valence-electron chi connectivity index (χ1n) is 6.63. The molecule has 1 fully saturated rings. The van der Waals surface area contributed by atoms with Gasteiger partial charge in [0.05, 0.1) is 7.11 Å². The molecule has 1 N–H and O–H groups in total. The van der Waals surface area contributed by atoms with Gasteiger partial charge in [0.15, 0.2) is 0 Å². The summed E-state index contributed by atoms with van der Waals surface area (Å²) in [5, 5.41) is 3.31. The van der Waals surface area contributed by atoms with Gasteiger partial charge in [-0.05, 0) is 31.6 Å². The highest BCUT2D eigenvalue weighted by molar-refractivity contribution is 5.80. The Hall–Kier alpha value is -0.830. The fourth-order valence-corrected chi connectivity index (χ4v) is 2.78. The molecule has 3 heteroatoms. The Morgan fingerprint density at radius 2 is 2.18 bits per heavy atom. The number of methoxy groups -OCH3 is 1. The van der Waals surface area contributed by atoms with Gasteiger partial charge >= 0.3 is 5.97 Å². The highest BCUT2D eigenvalue weighted by Crippen LogP contribution is 2.35. The van der Waals surface area contributed by atoms with Crippen molar-refractivity contribution >= 4 is 5.97 Å². The molecule has 0 aliphatic heterocycles. The number of carbonyl (C=O) groups is 1. The maximum Gasteiger partial charge on any atom is 0.326 e. The topological polar surface area (TPSA) is 38.3 Å². The van der Waals surface area contributed by atoms with Crippen molar-refractivity contribution in [1.82, 2.24) is 5.32 Å². The Kier molecular flexibility index (Phi) is 5.69. The van der Waals surface area contributed by atoms with E-state index in [-0.39, 0.29) is 5.97 Å². The Bertz CT molecular complexity index is 255. The SMILES string of the molecule is C=CCNC1(C(=O)OC)CCC(CCC)CC1. The first-order valence-corrected chi connectivity index (χ1v) is 6.63. The molecule has 0 heterocycles. The van der Waals surface area contributed by atoms with Gasteiger partial charge in [-0.2, -0.15) is 0 Å². The smallest absolute Gasteiger partial charge is 0.326 e. The fraction of sp³-hybridized carbons (Fsp3) is 0.786. The van der Waals surface area contributed by atoms with Gasteiger partial charge in [0, 0.05) is 6.54 Å². The van der Waals surface area contributed by atoms with Crippen molar-refractivity contribution in [2.24, 2.45) is 5.92 Å². The van der Waals surface area contributed by atoms with E-state index in [0.717, 1.165) is 31.6 Å². The van der Waals surface area contributed by atoms with Gasteiger partial charge in [-0.15, -0.1) is 6.58 Å². The zero-order valence-electron chi connectivity index (χ0n) is 11.1. The van der Waals surface area contributed by atoms with Crippen LogP contribution in [0.15, 0.2) is 12.7 Å². The molecule has 1 saturated carbocycles. The zero-order chi connectivity index (χ0) is 12.7. The number of esters is 1. The van der Waals surface area contributed by atoms with Gasteiger partial charge in [0.2, 0.25) is 0 Å². The molecule has 0 aromatic carbocycles. The van der Waals surface area contributed by atoms with E-state index >= 15 is 0 Å². The molecule has 0 spiro atoms. The van der Waals surface area contributed by atoms with Crippen LogP contribution in [0.2, 0.25) is 0 Å². The number of carbonyl (C=O) groups excluding carboxylic acids is 1. The third-order valence-corrected chi connectivity index (χ3v) is 3.82. The highest BCUT2D eigenvalue weighted by atomic mass is 16.5. The van der Waals surface area contributed by atoms with E-state index in [2.05, 4.69) is 18.8 Å². The van der Waals surface area contributed by atoms with Crippen LogP contribution >= 0.6 is 0 Å². The molecule has 1 aliphatic carbocycles. The van der Waals surface area contributed by atoms with Crippen molar-refractivity contribution in [2.45, 2.75) is 51.0 Å². The lowest BCUT2D eigenvalue weighted by Crippen LogP contribution is -2.54. The van der Waals surface area contributed by atoms with Crippen molar-refractivity contribution in [3.05, 3.63) is 12.7 Å². The molecule has 0 atom stereocenters. The fourth-order valence-electron chi connectivity index (χ4n) is 2.78. The zero-order valence-corrected chi connectivity index (χ0v) is 11.1. The maximum absolute atomic E-state index is 11.9. The predicted molar refractivity (Wildman–Crippen MR) is 69.8 cm³/mol. The van der Waals surface area contributed by atoms with Crippen molar-refractivity contribution in [3.8, 4) is 0 Å². The van der Waals surface area contributed by atoms with Crippen LogP contribution in [0.3, 0.4) is 0 Å². The molecule has 17 heavy (non-hydrogen) atoms. The second-order valence-corrected chi connectivity index (χ2v) is 4.98. The van der Waals surface area contributed by atoms with Crippen molar-refractivity contribution < 1.29 is 9.53 Å². The number of nitrogens with one attached hydrogen (secondary N) is 1. The summed E-state index contributed by atoms with van der Waals surface area (Å²) in [6, 6.07) is 0. The number of hydrogen-bond acceptors (Lipinski definition) is 3. The molecule has 0 saturated heterocycles. The molecule has 0 aromatic rings. The van der Waals surface area contributed by atoms with Gasteiger partial charge in [-0.25, -0.2) is 0 Å². The summed E-state index contributed by atoms with van der Waals surface area (Å²) in [7, 11) is 1.47. The van der Waals surface area contributed by atoms with Crippen LogP contribution in [-0.4, -0.2) is 25.2 Å². The van der Waals surface area contributed by atoms with Crippen molar-refractivity contribution in [3.63, 3.8) is 0 Å². The standard InChI is InChI=1S/C14H25NO2/c1-4-6-12-7-9-14(10-8-12,13(16)17-3)15-11-5-2/h5,12,15H,2,4,6-11H2,1,3H3. The summed E-state index contributed by atoms with van der Waals surface area (Å²) in [5.74, 6) is 0.664. The van der Waals surface area contributed by atoms with Crippen LogP contribution < -0.4 is 5.32 Å². The number of rotatable bonds is 6. The van der Waals surface area contributed by atoms with Gasteiger partial charge in [-0.1, -0.05) is 25.8 Å². The molecule has 3 nitrogen and oxygen atoms in total. The van der Waals surface area contributed by atoms with Gasteiger partial charge in [0.1, 0.15) is 5.54 Å². The molecule has 0 unspecified atom stereocenters. The summed E-state index contributed by atoms with van der Waals surface area (Å²) in [4.78, 5) is 11.9. The monoisotopic (exact) mass is 239 g/mol. The Morgan fingerprint density at radius 1 is 1.53 bits per heavy atom. The van der Waals surface area contributed by atoms with E-state index in [4.69, 9.17) is 4.74 Å². The van der Waals surface area contributed by atoms with Crippen LogP contribution in [0.25, 0.3) is 0 Å². The van der Waals surface area contributed by atoms with Crippen LogP contribution in [0.4, 0.5) is 0 Å². The molecule has 0 aromatic heterocycles. The van der Waals surface area contributed by atoms with Crippen LogP contribution in [0.5, 0.6) is 0 Å². The van der Waals surface area contributed by atoms with Crippen LogP contribution in [0, 0.1) is 5.92 Å². The molecule has 0 bridgehead atoms. The predicted octanol–water partition coefficient (Wildman–Crippen LogP) is 2.66. The van der Waals surface area contributed by atoms with E-state index < -0.39 is 5.54 Å². The summed E-state index contributed by atoms with van der Waals surface area (Å²) >= 11 is 0. The molecule has 0 amide bonds. The summed E-state index contributed by atoms with van der Waals surface area (Å²) < 4.78 is 4.95. The molecular formula is C14H25NO2. The lowest BCUT2D eigenvalue weighted by Gasteiger charge is -2.38. The summed E-state index contributed by atoms with van der Waals surface area (Å²) in [6.45, 7) is 6.57. The molecule has 1 rings (SSSR count). The third kappa shape index (κ3) is 3.56. The number of ether oxygens (including phenoxy) is 1. The maximum atomic E-state index is 11.9. The molecular weight excluding hydrogens is 214 g/mol. The van der Waals surface area contributed by atoms with Crippen molar-refractivity contribution in [2.75, 3.05) is 13.7 Å². The van der Waals surface area contributed by atoms with Gasteiger partial charge in [0.25, 0.3) is 0 Å². The minimum Gasteiger partial charge on any atom is -0.468 e. The largest absolute Gasteiger partial charge is 0.468 e. The quantitative estimate of drug-likeness (QED) is 0.572. The number of hydrogen-bond donors (Lipinski definition) is 1. The van der Waals surface area contributed by atoms with Crippen LogP contribution in [0.1, 0.15) is 45.4 Å². The van der Waals surface area contributed by atoms with Crippen molar-refractivity contribution in [1.29, 1.82) is 0 Å². The van der Waals surface area contributed by atoms with E-state index in [9.17, 15) is 4.79 Å². The van der Waals surface area contributed by atoms with E-state index in [1.807, 2.05) is 0 Å². The first kappa shape index (κ1) is 14.2. The average molecular weight is 239 g/mol. The van der Waals surface area contributed by atoms with E-state index in [1.165, 1.54) is 20.0 Å². The lowest BCUT2D eigenvalue weighted by atomic mass is 9.75.